The second-order valence-electron chi connectivity index (χ2n) is 4.74. The zero-order chi connectivity index (χ0) is 13.1. The molecule has 0 aliphatic rings. The Morgan fingerprint density at radius 2 is 2.06 bits per heavy atom. The second kappa shape index (κ2) is 5.27. The maximum atomic E-state index is 4.38. The van der Waals surface area contributed by atoms with Crippen molar-refractivity contribution in [2.75, 3.05) is 0 Å². The first-order chi connectivity index (χ1) is 8.54. The molecule has 0 radical (unpaired) electrons. The molecule has 5 heteroatoms. The smallest absolute Gasteiger partial charge is 0.157 e. The summed E-state index contributed by atoms with van der Waals surface area (Å²) < 4.78 is 1.79. The molecule has 96 valence electrons. The van der Waals surface area contributed by atoms with E-state index in [1.807, 2.05) is 32.3 Å². The molecule has 0 aromatic carbocycles. The lowest BCUT2D eigenvalue weighted by atomic mass is 10.3. The van der Waals surface area contributed by atoms with Crippen molar-refractivity contribution in [1.29, 1.82) is 0 Å². The third-order valence-corrected chi connectivity index (χ3v) is 2.54. The van der Waals surface area contributed by atoms with Gasteiger partial charge in [0.15, 0.2) is 5.82 Å². The predicted octanol–water partition coefficient (Wildman–Crippen LogP) is 1.78. The monoisotopic (exact) mass is 245 g/mol. The summed E-state index contributed by atoms with van der Waals surface area (Å²) in [5.41, 5.74) is 2.10. The molecular formula is C13H19N5. The fraction of sp³-hybridized carbons (Fsp3) is 0.462. The van der Waals surface area contributed by atoms with E-state index in [4.69, 9.17) is 0 Å². The molecule has 18 heavy (non-hydrogen) atoms. The first-order valence-corrected chi connectivity index (χ1v) is 6.14. The average molecular weight is 245 g/mol. The van der Waals surface area contributed by atoms with Crippen molar-refractivity contribution in [3.63, 3.8) is 0 Å². The molecule has 0 bridgehead atoms. The number of hydrogen-bond donors (Lipinski definition) is 1. The summed E-state index contributed by atoms with van der Waals surface area (Å²) >= 11 is 0. The summed E-state index contributed by atoms with van der Waals surface area (Å²) in [5.74, 6) is 1.58. The molecule has 0 fully saturated rings. The van der Waals surface area contributed by atoms with Crippen LogP contribution in [0.2, 0.25) is 0 Å². The Hall–Kier alpha value is -1.75. The number of nitrogens with zero attached hydrogens (tertiary/aromatic N) is 4. The van der Waals surface area contributed by atoms with Crippen LogP contribution in [0.5, 0.6) is 0 Å². The largest absolute Gasteiger partial charge is 0.310 e. The first kappa shape index (κ1) is 12.7. The SMILES string of the molecule is Cc1cc(-n2cc(CNC(C)C)cn2)nc(C)n1. The molecule has 5 nitrogen and oxygen atoms in total. The topological polar surface area (TPSA) is 55.6 Å². The van der Waals surface area contributed by atoms with Crippen LogP contribution >= 0.6 is 0 Å². The van der Waals surface area contributed by atoms with Crippen LogP contribution in [0.3, 0.4) is 0 Å². The van der Waals surface area contributed by atoms with Crippen LogP contribution in [0.15, 0.2) is 18.5 Å². The molecule has 0 atom stereocenters. The van der Waals surface area contributed by atoms with Gasteiger partial charge in [-0.2, -0.15) is 5.10 Å². The summed E-state index contributed by atoms with van der Waals surface area (Å²) in [6.45, 7) is 8.92. The third-order valence-electron chi connectivity index (χ3n) is 2.54. The molecule has 0 saturated heterocycles. The minimum Gasteiger partial charge on any atom is -0.310 e. The predicted molar refractivity (Wildman–Crippen MR) is 70.6 cm³/mol. The Kier molecular flexibility index (Phi) is 3.72. The molecule has 0 saturated carbocycles. The number of nitrogens with one attached hydrogen (secondary N) is 1. The Bertz CT molecular complexity index is 510. The van der Waals surface area contributed by atoms with Gasteiger partial charge in [0.05, 0.1) is 6.20 Å². The van der Waals surface area contributed by atoms with Crippen LogP contribution in [-0.2, 0) is 6.54 Å². The minimum absolute atomic E-state index is 0.469. The van der Waals surface area contributed by atoms with E-state index in [2.05, 4.69) is 34.2 Å². The average Bonchev–Trinajstić information content (AvgIpc) is 2.73. The number of hydrogen-bond acceptors (Lipinski definition) is 4. The molecule has 2 heterocycles. The van der Waals surface area contributed by atoms with Crippen LogP contribution < -0.4 is 5.32 Å². The Morgan fingerprint density at radius 1 is 1.28 bits per heavy atom. The van der Waals surface area contributed by atoms with Gasteiger partial charge in [0.25, 0.3) is 0 Å². The Balaban J connectivity index is 2.18. The van der Waals surface area contributed by atoms with E-state index in [-0.39, 0.29) is 0 Å². The highest BCUT2D eigenvalue weighted by Crippen LogP contribution is 2.07. The molecule has 2 aromatic heterocycles. The maximum Gasteiger partial charge on any atom is 0.157 e. The van der Waals surface area contributed by atoms with Crippen molar-refractivity contribution in [2.45, 2.75) is 40.3 Å². The van der Waals surface area contributed by atoms with Gasteiger partial charge in [-0.15, -0.1) is 0 Å². The molecule has 0 aliphatic heterocycles. The van der Waals surface area contributed by atoms with Gasteiger partial charge in [-0.05, 0) is 13.8 Å². The zero-order valence-electron chi connectivity index (χ0n) is 11.3. The highest BCUT2D eigenvalue weighted by Gasteiger charge is 2.04. The fourth-order valence-electron chi connectivity index (χ4n) is 1.71. The highest BCUT2D eigenvalue weighted by molar-refractivity contribution is 5.25. The van der Waals surface area contributed by atoms with E-state index in [0.29, 0.717) is 6.04 Å². The van der Waals surface area contributed by atoms with Gasteiger partial charge in [0.2, 0.25) is 0 Å². The van der Waals surface area contributed by atoms with Crippen molar-refractivity contribution in [3.05, 3.63) is 35.5 Å². The summed E-state index contributed by atoms with van der Waals surface area (Å²) in [6, 6.07) is 2.40. The number of rotatable bonds is 4. The van der Waals surface area contributed by atoms with Crippen molar-refractivity contribution >= 4 is 0 Å². The van der Waals surface area contributed by atoms with Crippen LogP contribution in [0.1, 0.15) is 30.9 Å². The van der Waals surface area contributed by atoms with Crippen LogP contribution in [-0.4, -0.2) is 25.8 Å². The third kappa shape index (κ3) is 3.13. The number of aromatic nitrogens is 4. The second-order valence-corrected chi connectivity index (χ2v) is 4.74. The van der Waals surface area contributed by atoms with Crippen LogP contribution in [0.4, 0.5) is 0 Å². The van der Waals surface area contributed by atoms with E-state index in [1.54, 1.807) is 4.68 Å². The summed E-state index contributed by atoms with van der Waals surface area (Å²) in [6.07, 6.45) is 3.86. The van der Waals surface area contributed by atoms with Gasteiger partial charge in [0, 0.05) is 36.1 Å². The molecule has 2 rings (SSSR count). The van der Waals surface area contributed by atoms with Gasteiger partial charge in [-0.25, -0.2) is 14.6 Å². The summed E-state index contributed by atoms with van der Waals surface area (Å²) in [7, 11) is 0. The molecule has 0 aliphatic carbocycles. The van der Waals surface area contributed by atoms with E-state index < -0.39 is 0 Å². The van der Waals surface area contributed by atoms with Gasteiger partial charge in [0.1, 0.15) is 5.82 Å². The highest BCUT2D eigenvalue weighted by atomic mass is 15.3. The summed E-state index contributed by atoms with van der Waals surface area (Å²) in [5, 5.41) is 7.70. The van der Waals surface area contributed by atoms with E-state index in [1.165, 1.54) is 0 Å². The van der Waals surface area contributed by atoms with Crippen LogP contribution in [0.25, 0.3) is 5.82 Å². The van der Waals surface area contributed by atoms with Gasteiger partial charge in [-0.3, -0.25) is 0 Å². The van der Waals surface area contributed by atoms with Crippen molar-refractivity contribution < 1.29 is 0 Å². The molecule has 0 unspecified atom stereocenters. The van der Waals surface area contributed by atoms with Gasteiger partial charge in [-0.1, -0.05) is 13.8 Å². The zero-order valence-corrected chi connectivity index (χ0v) is 11.3. The summed E-state index contributed by atoms with van der Waals surface area (Å²) in [4.78, 5) is 8.64. The standard InChI is InChI=1S/C13H19N5/c1-9(2)14-6-12-7-15-18(8-12)13-5-10(3)16-11(4)17-13/h5,7-9,14H,6H2,1-4H3. The van der Waals surface area contributed by atoms with Crippen molar-refractivity contribution in [1.82, 2.24) is 25.1 Å². The van der Waals surface area contributed by atoms with Gasteiger partial charge < -0.3 is 5.32 Å². The Morgan fingerprint density at radius 3 is 2.72 bits per heavy atom. The lowest BCUT2D eigenvalue weighted by Crippen LogP contribution is -2.21. The van der Waals surface area contributed by atoms with E-state index >= 15 is 0 Å². The van der Waals surface area contributed by atoms with Crippen molar-refractivity contribution in [3.8, 4) is 5.82 Å². The van der Waals surface area contributed by atoms with Gasteiger partial charge >= 0.3 is 0 Å². The molecule has 0 spiro atoms. The lowest BCUT2D eigenvalue weighted by Gasteiger charge is -2.05. The normalized spacial score (nSPS) is 11.2. The molecule has 2 aromatic rings. The van der Waals surface area contributed by atoms with Crippen molar-refractivity contribution in [2.24, 2.45) is 0 Å². The lowest BCUT2D eigenvalue weighted by molar-refractivity contribution is 0.589. The minimum atomic E-state index is 0.469. The Labute approximate surface area is 107 Å². The maximum absolute atomic E-state index is 4.38. The quantitative estimate of drug-likeness (QED) is 0.892. The fourth-order valence-corrected chi connectivity index (χ4v) is 1.71. The van der Waals surface area contributed by atoms with E-state index in [9.17, 15) is 0 Å². The molecular weight excluding hydrogens is 226 g/mol. The molecule has 1 N–H and O–H groups in total. The first-order valence-electron chi connectivity index (χ1n) is 6.14. The number of aryl methyl sites for hydroxylation is 2. The van der Waals surface area contributed by atoms with Crippen LogP contribution in [0, 0.1) is 13.8 Å². The van der Waals surface area contributed by atoms with E-state index in [0.717, 1.165) is 29.4 Å². The molecule has 0 amide bonds.